The van der Waals surface area contributed by atoms with E-state index in [2.05, 4.69) is 5.10 Å². The van der Waals surface area contributed by atoms with Gasteiger partial charge in [-0.15, -0.1) is 23.5 Å². The number of hydrogen-bond acceptors (Lipinski definition) is 7. The van der Waals surface area contributed by atoms with E-state index in [1.807, 2.05) is 6.92 Å². The fraction of sp³-hybridized carbons (Fsp3) is 0.368. The molecule has 0 saturated carbocycles. The van der Waals surface area contributed by atoms with E-state index >= 15 is 0 Å². The molecule has 2 aromatic rings. The summed E-state index contributed by atoms with van der Waals surface area (Å²) in [6.45, 7) is 6.04. The van der Waals surface area contributed by atoms with Gasteiger partial charge in [-0.2, -0.15) is 5.10 Å². The summed E-state index contributed by atoms with van der Waals surface area (Å²) in [5.74, 6) is 1.74. The number of thioether (sulfide) groups is 2. The number of ether oxygens (including phenoxy) is 1. The Balaban J connectivity index is 1.85. The zero-order valence-corrected chi connectivity index (χ0v) is 18.3. The van der Waals surface area contributed by atoms with Gasteiger partial charge < -0.3 is 4.74 Å². The first kappa shape index (κ1) is 19.6. The van der Waals surface area contributed by atoms with Crippen molar-refractivity contribution in [1.29, 1.82) is 0 Å². The normalized spacial score (nSPS) is 17.8. The number of aromatic nitrogens is 2. The molecule has 0 saturated heterocycles. The van der Waals surface area contributed by atoms with Gasteiger partial charge in [0.15, 0.2) is 9.84 Å². The second kappa shape index (κ2) is 7.27. The molecule has 6 nitrogen and oxygen atoms in total. The summed E-state index contributed by atoms with van der Waals surface area (Å²) in [5.41, 5.74) is 2.30. The molecule has 28 heavy (non-hydrogen) atoms. The van der Waals surface area contributed by atoms with Gasteiger partial charge >= 0.3 is 5.97 Å². The second-order valence-electron chi connectivity index (χ2n) is 6.65. The molecule has 0 radical (unpaired) electrons. The topological polar surface area (TPSA) is 78.3 Å². The smallest absolute Gasteiger partial charge is 0.345 e. The van der Waals surface area contributed by atoms with E-state index in [4.69, 9.17) is 4.74 Å². The van der Waals surface area contributed by atoms with Crippen molar-refractivity contribution in [3.05, 3.63) is 45.5 Å². The minimum atomic E-state index is -3.43. The Hall–Kier alpha value is -1.71. The third-order valence-electron chi connectivity index (χ3n) is 4.84. The molecule has 1 aromatic carbocycles. The van der Waals surface area contributed by atoms with Crippen molar-refractivity contribution < 1.29 is 17.9 Å². The molecule has 148 valence electrons. The summed E-state index contributed by atoms with van der Waals surface area (Å²) in [5, 5.41) is 4.11. The highest BCUT2D eigenvalue weighted by molar-refractivity contribution is 8.14. The van der Waals surface area contributed by atoms with Crippen LogP contribution in [0.5, 0.6) is 5.88 Å². The SMILES string of the molecule is CCn1nccc1OC(=O)c1cc(C)c2c(c1C)C1=C(CS2(=O)=O)SCCS1. The number of aryl methyl sites for hydroxylation is 2. The zero-order valence-electron chi connectivity index (χ0n) is 15.8. The fourth-order valence-corrected chi connectivity index (χ4v) is 8.63. The summed E-state index contributed by atoms with van der Waals surface area (Å²) in [6, 6.07) is 3.27. The van der Waals surface area contributed by atoms with Crippen LogP contribution in [-0.4, -0.2) is 41.4 Å². The van der Waals surface area contributed by atoms with Crippen molar-refractivity contribution in [2.75, 3.05) is 17.3 Å². The maximum absolute atomic E-state index is 12.9. The molecule has 0 amide bonds. The predicted octanol–water partition coefficient (Wildman–Crippen LogP) is 3.67. The monoisotopic (exact) mass is 436 g/mol. The van der Waals surface area contributed by atoms with Gasteiger partial charge in [0.1, 0.15) is 0 Å². The lowest BCUT2D eigenvalue weighted by molar-refractivity contribution is 0.0717. The van der Waals surface area contributed by atoms with Crippen LogP contribution in [0, 0.1) is 13.8 Å². The van der Waals surface area contributed by atoms with E-state index in [1.54, 1.807) is 60.4 Å². The zero-order chi connectivity index (χ0) is 20.1. The third kappa shape index (κ3) is 3.19. The summed E-state index contributed by atoms with van der Waals surface area (Å²) in [6.07, 6.45) is 1.58. The average molecular weight is 437 g/mol. The fourth-order valence-electron chi connectivity index (χ4n) is 3.59. The summed E-state index contributed by atoms with van der Waals surface area (Å²) in [7, 11) is -3.43. The van der Waals surface area contributed by atoms with Crippen molar-refractivity contribution in [2.24, 2.45) is 0 Å². The lowest BCUT2D eigenvalue weighted by Gasteiger charge is -2.29. The molecule has 0 fully saturated rings. The van der Waals surface area contributed by atoms with E-state index in [1.165, 1.54) is 0 Å². The molecular formula is C19H20N2O4S3. The lowest BCUT2D eigenvalue weighted by atomic mass is 9.98. The van der Waals surface area contributed by atoms with Crippen LogP contribution in [0.1, 0.15) is 34.0 Å². The molecule has 0 atom stereocenters. The maximum Gasteiger partial charge on any atom is 0.345 e. The summed E-state index contributed by atoms with van der Waals surface area (Å²) >= 11 is 3.28. The second-order valence-corrected chi connectivity index (χ2v) is 10.9. The number of rotatable bonds is 3. The first-order valence-corrected chi connectivity index (χ1v) is 12.6. The van der Waals surface area contributed by atoms with Crippen molar-refractivity contribution in [2.45, 2.75) is 32.2 Å². The molecule has 4 rings (SSSR count). The van der Waals surface area contributed by atoms with Gasteiger partial charge in [-0.1, -0.05) is 0 Å². The molecule has 0 unspecified atom stereocenters. The van der Waals surface area contributed by atoms with Crippen molar-refractivity contribution >= 4 is 44.2 Å². The van der Waals surface area contributed by atoms with Crippen molar-refractivity contribution in [1.82, 2.24) is 9.78 Å². The highest BCUT2D eigenvalue weighted by atomic mass is 32.2. The van der Waals surface area contributed by atoms with Crippen LogP contribution in [0.25, 0.3) is 4.91 Å². The van der Waals surface area contributed by atoms with E-state index in [-0.39, 0.29) is 5.75 Å². The molecular weight excluding hydrogens is 416 g/mol. The van der Waals surface area contributed by atoms with E-state index in [0.717, 1.165) is 21.3 Å². The maximum atomic E-state index is 12.9. The quantitative estimate of drug-likeness (QED) is 0.679. The Labute approximate surface area is 172 Å². The van der Waals surface area contributed by atoms with Gasteiger partial charge in [0, 0.05) is 39.5 Å². The van der Waals surface area contributed by atoms with E-state index in [9.17, 15) is 13.2 Å². The van der Waals surface area contributed by atoms with Crippen LogP contribution in [0.2, 0.25) is 0 Å². The number of sulfone groups is 1. The van der Waals surface area contributed by atoms with Crippen LogP contribution < -0.4 is 4.74 Å². The van der Waals surface area contributed by atoms with Crippen LogP contribution in [-0.2, 0) is 16.4 Å². The number of esters is 1. The number of carbonyl (C=O) groups excluding carboxylic acids is 1. The Bertz CT molecular complexity index is 1120. The number of benzene rings is 1. The summed E-state index contributed by atoms with van der Waals surface area (Å²) < 4.78 is 33.0. The molecule has 2 aliphatic rings. The largest absolute Gasteiger partial charge is 0.404 e. The lowest BCUT2D eigenvalue weighted by Crippen LogP contribution is -2.22. The van der Waals surface area contributed by atoms with Crippen LogP contribution >= 0.6 is 23.5 Å². The molecule has 1 aromatic heterocycles. The molecule has 0 N–H and O–H groups in total. The van der Waals surface area contributed by atoms with Gasteiger partial charge in [0.25, 0.3) is 0 Å². The third-order valence-corrected chi connectivity index (χ3v) is 9.48. The molecule has 9 heteroatoms. The van der Waals surface area contributed by atoms with Gasteiger partial charge in [-0.05, 0) is 38.0 Å². The van der Waals surface area contributed by atoms with E-state index < -0.39 is 15.8 Å². The van der Waals surface area contributed by atoms with Crippen molar-refractivity contribution in [3.63, 3.8) is 0 Å². The van der Waals surface area contributed by atoms with Gasteiger partial charge in [-0.3, -0.25) is 0 Å². The molecule has 0 spiro atoms. The minimum Gasteiger partial charge on any atom is -0.404 e. The number of hydrogen-bond donors (Lipinski definition) is 0. The standard InChI is InChI=1S/C19H20N2O4S3/c1-4-21-15(5-6-20-21)25-19(22)13-9-11(2)18-16(12(13)3)17-14(10-28(18,23)24)26-7-8-27-17/h5-6,9H,4,7-8,10H2,1-3H3. The predicted molar refractivity (Wildman–Crippen MR) is 113 cm³/mol. The van der Waals surface area contributed by atoms with Crippen LogP contribution in [0.3, 0.4) is 0 Å². The van der Waals surface area contributed by atoms with Crippen molar-refractivity contribution in [3.8, 4) is 5.88 Å². The van der Waals surface area contributed by atoms with Crippen LogP contribution in [0.15, 0.2) is 28.1 Å². The molecule has 2 aliphatic heterocycles. The Morgan fingerprint density at radius 3 is 2.79 bits per heavy atom. The van der Waals surface area contributed by atoms with Crippen LogP contribution in [0.4, 0.5) is 0 Å². The highest BCUT2D eigenvalue weighted by Gasteiger charge is 2.36. The van der Waals surface area contributed by atoms with E-state index in [0.29, 0.717) is 39.6 Å². The highest BCUT2D eigenvalue weighted by Crippen LogP contribution is 2.49. The first-order chi connectivity index (χ1) is 13.3. The number of carbonyl (C=O) groups is 1. The van der Waals surface area contributed by atoms with Gasteiger partial charge in [-0.25, -0.2) is 17.9 Å². The Morgan fingerprint density at radius 2 is 2.04 bits per heavy atom. The molecule has 0 bridgehead atoms. The van der Waals surface area contributed by atoms with Gasteiger partial charge in [0.2, 0.25) is 5.88 Å². The Kier molecular flexibility index (Phi) is 5.09. The first-order valence-electron chi connectivity index (χ1n) is 8.93. The summed E-state index contributed by atoms with van der Waals surface area (Å²) in [4.78, 5) is 15.2. The average Bonchev–Trinajstić information content (AvgIpc) is 3.10. The molecule has 3 heterocycles. The number of nitrogens with zero attached hydrogens (tertiary/aromatic N) is 2. The van der Waals surface area contributed by atoms with Gasteiger partial charge in [0.05, 0.1) is 22.4 Å². The minimum absolute atomic E-state index is 0.0484. The number of fused-ring (bicyclic) bond motifs is 2. The molecule has 0 aliphatic carbocycles. The Morgan fingerprint density at radius 1 is 1.29 bits per heavy atom.